The van der Waals surface area contributed by atoms with E-state index in [9.17, 15) is 9.18 Å². The molecule has 0 spiro atoms. The van der Waals surface area contributed by atoms with Crippen LogP contribution in [-0.4, -0.2) is 33.4 Å². The van der Waals surface area contributed by atoms with Gasteiger partial charge in [0.15, 0.2) is 5.16 Å². The van der Waals surface area contributed by atoms with Crippen molar-refractivity contribution in [1.82, 2.24) is 14.5 Å². The number of aryl methyl sites for hydroxylation is 1. The van der Waals surface area contributed by atoms with Gasteiger partial charge in [0.25, 0.3) is 5.91 Å². The van der Waals surface area contributed by atoms with Crippen molar-refractivity contribution in [1.29, 1.82) is 0 Å². The van der Waals surface area contributed by atoms with Crippen LogP contribution in [0.3, 0.4) is 0 Å². The maximum atomic E-state index is 13.3. The molecule has 0 radical (unpaired) electrons. The van der Waals surface area contributed by atoms with E-state index in [-0.39, 0.29) is 11.7 Å². The molecule has 1 amide bonds. The summed E-state index contributed by atoms with van der Waals surface area (Å²) in [5.41, 5.74) is 5.99. The number of likely N-dealkylation sites (tertiary alicyclic amines) is 1. The van der Waals surface area contributed by atoms with Crippen LogP contribution < -0.4 is 0 Å². The van der Waals surface area contributed by atoms with Gasteiger partial charge >= 0.3 is 0 Å². The zero-order chi connectivity index (χ0) is 22.8. The minimum atomic E-state index is -0.231. The average molecular weight is 460 g/mol. The van der Waals surface area contributed by atoms with Crippen LogP contribution in [-0.2, 0) is 12.3 Å². The molecule has 33 heavy (non-hydrogen) atoms. The quantitative estimate of drug-likeness (QED) is 0.329. The highest BCUT2D eigenvalue weighted by atomic mass is 32.2. The lowest BCUT2D eigenvalue weighted by atomic mass is 10.1. The Morgan fingerprint density at radius 2 is 1.79 bits per heavy atom. The first-order valence-corrected chi connectivity index (χ1v) is 12.3. The Kier molecular flexibility index (Phi) is 6.18. The van der Waals surface area contributed by atoms with Crippen LogP contribution in [0.2, 0.25) is 0 Å². The van der Waals surface area contributed by atoms with Gasteiger partial charge in [-0.25, -0.2) is 9.37 Å². The molecule has 0 unspecified atom stereocenters. The number of fused-ring (bicyclic) bond motifs is 1. The summed E-state index contributed by atoms with van der Waals surface area (Å²) in [5, 5.41) is 0.890. The van der Waals surface area contributed by atoms with Crippen LogP contribution in [0.15, 0.2) is 71.9 Å². The van der Waals surface area contributed by atoms with E-state index in [4.69, 9.17) is 4.98 Å². The van der Waals surface area contributed by atoms with Gasteiger partial charge in [-0.15, -0.1) is 0 Å². The SMILES string of the molecule is Cc1cccc(Cn2c(SCc3ccc(F)cc3)nc3ccc(C(=O)N4CCCC4)cc32)c1. The van der Waals surface area contributed by atoms with E-state index < -0.39 is 0 Å². The Balaban J connectivity index is 1.51. The van der Waals surface area contributed by atoms with Crippen molar-refractivity contribution >= 4 is 28.7 Å². The molecule has 168 valence electrons. The zero-order valence-electron chi connectivity index (χ0n) is 18.6. The second kappa shape index (κ2) is 9.40. The van der Waals surface area contributed by atoms with E-state index in [1.165, 1.54) is 23.3 Å². The number of amides is 1. The van der Waals surface area contributed by atoms with Gasteiger partial charge in [0, 0.05) is 24.4 Å². The fraction of sp³-hybridized carbons (Fsp3) is 0.259. The molecule has 1 fully saturated rings. The van der Waals surface area contributed by atoms with Crippen molar-refractivity contribution in [2.24, 2.45) is 0 Å². The average Bonchev–Trinajstić information content (AvgIpc) is 3.47. The molecule has 0 atom stereocenters. The second-order valence-corrected chi connectivity index (χ2v) is 9.53. The number of halogens is 1. The predicted octanol–water partition coefficient (Wildman–Crippen LogP) is 6.06. The molecular formula is C27H26FN3OS. The molecular weight excluding hydrogens is 433 g/mol. The molecule has 1 aliphatic rings. The molecule has 6 heteroatoms. The van der Waals surface area contributed by atoms with Crippen molar-refractivity contribution in [3.05, 3.63) is 94.8 Å². The first-order valence-electron chi connectivity index (χ1n) is 11.3. The number of hydrogen-bond acceptors (Lipinski definition) is 3. The Morgan fingerprint density at radius 1 is 1.00 bits per heavy atom. The summed E-state index contributed by atoms with van der Waals surface area (Å²) in [7, 11) is 0. The summed E-state index contributed by atoms with van der Waals surface area (Å²) in [5.74, 6) is 0.556. The topological polar surface area (TPSA) is 38.1 Å². The van der Waals surface area contributed by atoms with Crippen LogP contribution >= 0.6 is 11.8 Å². The summed E-state index contributed by atoms with van der Waals surface area (Å²) in [6.07, 6.45) is 2.15. The Morgan fingerprint density at radius 3 is 2.55 bits per heavy atom. The van der Waals surface area contributed by atoms with Gasteiger partial charge in [-0.2, -0.15) is 0 Å². The summed E-state index contributed by atoms with van der Waals surface area (Å²) in [6.45, 7) is 4.42. The first-order chi connectivity index (χ1) is 16.1. The smallest absolute Gasteiger partial charge is 0.253 e. The number of rotatable bonds is 6. The Labute approximate surface area is 197 Å². The zero-order valence-corrected chi connectivity index (χ0v) is 19.4. The van der Waals surface area contributed by atoms with Crippen molar-refractivity contribution in [2.75, 3.05) is 13.1 Å². The molecule has 5 rings (SSSR count). The normalized spacial score (nSPS) is 13.7. The van der Waals surface area contributed by atoms with Crippen molar-refractivity contribution in [3.63, 3.8) is 0 Å². The highest BCUT2D eigenvalue weighted by Crippen LogP contribution is 2.29. The van der Waals surface area contributed by atoms with Crippen molar-refractivity contribution in [2.45, 2.75) is 37.2 Å². The largest absolute Gasteiger partial charge is 0.339 e. The van der Waals surface area contributed by atoms with Gasteiger partial charge < -0.3 is 9.47 Å². The number of hydrogen-bond donors (Lipinski definition) is 0. The highest BCUT2D eigenvalue weighted by Gasteiger charge is 2.21. The van der Waals surface area contributed by atoms with Crippen LogP contribution in [0.25, 0.3) is 11.0 Å². The molecule has 4 aromatic rings. The number of carbonyl (C=O) groups is 1. The maximum absolute atomic E-state index is 13.3. The lowest BCUT2D eigenvalue weighted by molar-refractivity contribution is 0.0793. The molecule has 4 nitrogen and oxygen atoms in total. The number of imidazole rings is 1. The molecule has 0 aliphatic carbocycles. The number of carbonyl (C=O) groups excluding carboxylic acids is 1. The van der Waals surface area contributed by atoms with Crippen molar-refractivity contribution in [3.8, 4) is 0 Å². The fourth-order valence-corrected chi connectivity index (χ4v) is 5.29. The standard InChI is InChI=1S/C27H26FN3OS/c1-19-5-4-6-21(15-19)17-31-25-16-22(26(32)30-13-2-3-14-30)9-12-24(25)29-27(31)33-18-20-7-10-23(28)11-8-20/h4-12,15-16H,2-3,13-14,17-18H2,1H3. The van der Waals surface area contributed by atoms with Crippen LogP contribution in [0, 0.1) is 12.7 Å². The summed E-state index contributed by atoms with van der Waals surface area (Å²) in [6, 6.07) is 20.9. The molecule has 0 bridgehead atoms. The summed E-state index contributed by atoms with van der Waals surface area (Å²) < 4.78 is 15.5. The van der Waals surface area contributed by atoms with E-state index in [0.717, 1.165) is 47.7 Å². The summed E-state index contributed by atoms with van der Waals surface area (Å²) >= 11 is 1.63. The maximum Gasteiger partial charge on any atom is 0.253 e. The van der Waals surface area contributed by atoms with E-state index in [0.29, 0.717) is 17.9 Å². The minimum Gasteiger partial charge on any atom is -0.339 e. The highest BCUT2D eigenvalue weighted by molar-refractivity contribution is 7.98. The Bertz CT molecular complexity index is 1290. The second-order valence-electron chi connectivity index (χ2n) is 8.59. The van der Waals surface area contributed by atoms with Gasteiger partial charge in [-0.05, 0) is 61.2 Å². The van der Waals surface area contributed by atoms with Crippen LogP contribution in [0.1, 0.15) is 39.9 Å². The van der Waals surface area contributed by atoms with Gasteiger partial charge in [0.05, 0.1) is 17.6 Å². The van der Waals surface area contributed by atoms with E-state index in [1.807, 2.05) is 35.2 Å². The molecule has 0 saturated carbocycles. The number of nitrogens with zero attached hydrogens (tertiary/aromatic N) is 3. The van der Waals surface area contributed by atoms with Crippen LogP contribution in [0.5, 0.6) is 0 Å². The van der Waals surface area contributed by atoms with E-state index in [1.54, 1.807) is 11.8 Å². The molecule has 1 saturated heterocycles. The third-order valence-electron chi connectivity index (χ3n) is 6.06. The van der Waals surface area contributed by atoms with Gasteiger partial charge in [-0.3, -0.25) is 4.79 Å². The predicted molar refractivity (Wildman–Crippen MR) is 131 cm³/mol. The van der Waals surface area contributed by atoms with Crippen molar-refractivity contribution < 1.29 is 9.18 Å². The molecule has 2 heterocycles. The van der Waals surface area contributed by atoms with E-state index in [2.05, 4.69) is 35.8 Å². The minimum absolute atomic E-state index is 0.0956. The monoisotopic (exact) mass is 459 g/mol. The fourth-order valence-electron chi connectivity index (χ4n) is 4.32. The number of thioether (sulfide) groups is 1. The first kappa shape index (κ1) is 21.7. The van der Waals surface area contributed by atoms with E-state index >= 15 is 0 Å². The summed E-state index contributed by atoms with van der Waals surface area (Å²) in [4.78, 5) is 19.8. The molecule has 1 aliphatic heterocycles. The van der Waals surface area contributed by atoms with Gasteiger partial charge in [-0.1, -0.05) is 53.7 Å². The third kappa shape index (κ3) is 4.81. The Hall–Kier alpha value is -3.12. The molecule has 1 aromatic heterocycles. The number of benzene rings is 3. The molecule has 3 aromatic carbocycles. The lowest BCUT2D eigenvalue weighted by Crippen LogP contribution is -2.27. The lowest BCUT2D eigenvalue weighted by Gasteiger charge is -2.15. The van der Waals surface area contributed by atoms with Gasteiger partial charge in [0.2, 0.25) is 0 Å². The van der Waals surface area contributed by atoms with Gasteiger partial charge in [0.1, 0.15) is 5.82 Å². The third-order valence-corrected chi connectivity index (χ3v) is 7.11. The number of aromatic nitrogens is 2. The van der Waals surface area contributed by atoms with Crippen LogP contribution in [0.4, 0.5) is 4.39 Å². The molecule has 0 N–H and O–H groups in total.